The van der Waals surface area contributed by atoms with Crippen molar-refractivity contribution in [3.8, 4) is 17.5 Å². The molecule has 0 saturated heterocycles. The van der Waals surface area contributed by atoms with E-state index < -0.39 is 0 Å². The predicted molar refractivity (Wildman–Crippen MR) is 76.9 cm³/mol. The van der Waals surface area contributed by atoms with E-state index in [0.29, 0.717) is 5.82 Å². The highest BCUT2D eigenvalue weighted by Crippen LogP contribution is 2.32. The van der Waals surface area contributed by atoms with Gasteiger partial charge in [-0.25, -0.2) is 0 Å². The third-order valence-electron chi connectivity index (χ3n) is 2.90. The maximum atomic E-state index is 8.79. The summed E-state index contributed by atoms with van der Waals surface area (Å²) in [5, 5.41) is 20.3. The molecular formula is C14H10N4S. The maximum Gasteiger partial charge on any atom is 0.185 e. The molecule has 19 heavy (non-hydrogen) atoms. The van der Waals surface area contributed by atoms with E-state index in [1.54, 1.807) is 24.5 Å². The van der Waals surface area contributed by atoms with Gasteiger partial charge in [-0.15, -0.1) is 21.5 Å². The summed E-state index contributed by atoms with van der Waals surface area (Å²) in [7, 11) is 1.66. The molecule has 5 heteroatoms. The fourth-order valence-corrected chi connectivity index (χ4v) is 2.83. The van der Waals surface area contributed by atoms with E-state index in [1.807, 2.05) is 24.4 Å². The van der Waals surface area contributed by atoms with Crippen molar-refractivity contribution in [3.63, 3.8) is 0 Å². The van der Waals surface area contributed by atoms with E-state index in [1.165, 1.54) is 15.0 Å². The molecule has 0 unspecified atom stereocenters. The van der Waals surface area contributed by atoms with E-state index >= 15 is 0 Å². The molecule has 0 aliphatic carbocycles. The Kier molecular flexibility index (Phi) is 2.86. The lowest BCUT2D eigenvalue weighted by Crippen LogP contribution is -2.10. The molecule has 0 aliphatic heterocycles. The van der Waals surface area contributed by atoms with Gasteiger partial charge < -0.3 is 0 Å². The predicted octanol–water partition coefficient (Wildman–Crippen LogP) is 3.28. The number of anilines is 1. The molecule has 0 radical (unpaired) electrons. The molecule has 2 aromatic heterocycles. The van der Waals surface area contributed by atoms with E-state index in [0.717, 1.165) is 11.3 Å². The van der Waals surface area contributed by atoms with Crippen molar-refractivity contribution < 1.29 is 0 Å². The fourth-order valence-electron chi connectivity index (χ4n) is 1.88. The Morgan fingerprint density at radius 3 is 2.74 bits per heavy atom. The van der Waals surface area contributed by atoms with Gasteiger partial charge in [0.25, 0.3) is 0 Å². The second kappa shape index (κ2) is 4.67. The summed E-state index contributed by atoms with van der Waals surface area (Å²) in [6, 6.07) is 11.9. The Morgan fingerprint density at radius 2 is 2.00 bits per heavy atom. The van der Waals surface area contributed by atoms with Crippen molar-refractivity contribution in [1.82, 2.24) is 10.2 Å². The minimum Gasteiger partial charge on any atom is -0.265 e. The third kappa shape index (κ3) is 2.02. The van der Waals surface area contributed by atoms with Gasteiger partial charge in [0.1, 0.15) is 0 Å². The Labute approximate surface area is 114 Å². The molecule has 0 amide bonds. The lowest BCUT2D eigenvalue weighted by atomic mass is 10.1. The van der Waals surface area contributed by atoms with Crippen molar-refractivity contribution in [2.75, 3.05) is 11.9 Å². The van der Waals surface area contributed by atoms with E-state index in [-0.39, 0.29) is 0 Å². The second-order valence-corrected chi connectivity index (χ2v) is 4.99. The zero-order valence-electron chi connectivity index (χ0n) is 10.2. The third-order valence-corrected chi connectivity index (χ3v) is 3.86. The summed E-state index contributed by atoms with van der Waals surface area (Å²) in [6.07, 6.45) is 2.00. The molecule has 0 saturated carbocycles. The van der Waals surface area contributed by atoms with Crippen LogP contribution in [-0.2, 0) is 0 Å². The Balaban J connectivity index is 2.05. The highest BCUT2D eigenvalue weighted by molar-refractivity contribution is 7.17. The van der Waals surface area contributed by atoms with Crippen LogP contribution in [0.1, 0.15) is 0 Å². The minimum atomic E-state index is 0.547. The average molecular weight is 266 g/mol. The molecule has 0 fully saturated rings. The molecule has 1 aromatic carbocycles. The van der Waals surface area contributed by atoms with Gasteiger partial charge in [0.2, 0.25) is 0 Å². The molecule has 92 valence electrons. The number of rotatable bonds is 2. The number of nitriles is 1. The zero-order chi connectivity index (χ0) is 13.2. The molecule has 0 aliphatic rings. The van der Waals surface area contributed by atoms with Crippen LogP contribution in [0.25, 0.3) is 21.3 Å². The topological polar surface area (TPSA) is 52.8 Å². The zero-order valence-corrected chi connectivity index (χ0v) is 11.1. The molecule has 2 heterocycles. The standard InChI is InChI=1S/C14H10N4S/c1-18(9-15)14-7-6-12(16-17-14)11-8-19-13-5-3-2-4-10(11)13/h2-8H,1H3. The lowest BCUT2D eigenvalue weighted by Gasteiger charge is -2.06. The number of fused-ring (bicyclic) bond motifs is 1. The van der Waals surface area contributed by atoms with Crippen LogP contribution >= 0.6 is 11.3 Å². The Bertz CT molecular complexity index is 755. The lowest BCUT2D eigenvalue weighted by molar-refractivity contribution is 0.995. The summed E-state index contributed by atoms with van der Waals surface area (Å²) in [5.41, 5.74) is 1.91. The first-order chi connectivity index (χ1) is 9.29. The number of hydrogen-bond donors (Lipinski definition) is 0. The molecule has 0 spiro atoms. The number of nitrogens with zero attached hydrogens (tertiary/aromatic N) is 4. The summed E-state index contributed by atoms with van der Waals surface area (Å²) < 4.78 is 1.23. The van der Waals surface area contributed by atoms with Gasteiger partial charge in [0.15, 0.2) is 12.0 Å². The van der Waals surface area contributed by atoms with Crippen LogP contribution in [0, 0.1) is 11.5 Å². The highest BCUT2D eigenvalue weighted by atomic mass is 32.1. The van der Waals surface area contributed by atoms with E-state index in [2.05, 4.69) is 27.7 Å². The van der Waals surface area contributed by atoms with Crippen LogP contribution in [0.5, 0.6) is 0 Å². The molecule has 0 atom stereocenters. The molecule has 3 aromatic rings. The van der Waals surface area contributed by atoms with Crippen molar-refractivity contribution >= 4 is 27.2 Å². The van der Waals surface area contributed by atoms with Crippen molar-refractivity contribution in [2.24, 2.45) is 0 Å². The summed E-state index contributed by atoms with van der Waals surface area (Å²) in [5.74, 6) is 0.547. The Morgan fingerprint density at radius 1 is 1.16 bits per heavy atom. The molecule has 0 bridgehead atoms. The maximum absolute atomic E-state index is 8.79. The van der Waals surface area contributed by atoms with Crippen LogP contribution in [-0.4, -0.2) is 17.2 Å². The van der Waals surface area contributed by atoms with Crippen LogP contribution < -0.4 is 4.90 Å². The summed E-state index contributed by atoms with van der Waals surface area (Å²) in [6.45, 7) is 0. The van der Waals surface area contributed by atoms with E-state index in [4.69, 9.17) is 5.26 Å². The SMILES string of the molecule is CN(C#N)c1ccc(-c2csc3ccccc23)nn1. The van der Waals surface area contributed by atoms with Gasteiger partial charge in [-0.3, -0.25) is 4.90 Å². The number of thiophene rings is 1. The average Bonchev–Trinajstić information content (AvgIpc) is 2.90. The van der Waals surface area contributed by atoms with Crippen LogP contribution in [0.3, 0.4) is 0 Å². The quantitative estimate of drug-likeness (QED) is 0.527. The second-order valence-electron chi connectivity index (χ2n) is 4.08. The molecule has 3 rings (SSSR count). The van der Waals surface area contributed by atoms with Gasteiger partial charge in [0.05, 0.1) is 5.69 Å². The van der Waals surface area contributed by atoms with E-state index in [9.17, 15) is 0 Å². The van der Waals surface area contributed by atoms with Gasteiger partial charge in [-0.2, -0.15) is 5.26 Å². The van der Waals surface area contributed by atoms with Crippen LogP contribution in [0.4, 0.5) is 5.82 Å². The highest BCUT2D eigenvalue weighted by Gasteiger charge is 2.08. The number of aromatic nitrogens is 2. The smallest absolute Gasteiger partial charge is 0.185 e. The minimum absolute atomic E-state index is 0.547. The number of hydrogen-bond acceptors (Lipinski definition) is 5. The van der Waals surface area contributed by atoms with Crippen LogP contribution in [0.2, 0.25) is 0 Å². The first-order valence-corrected chi connectivity index (χ1v) is 6.61. The monoisotopic (exact) mass is 266 g/mol. The normalized spacial score (nSPS) is 10.3. The van der Waals surface area contributed by atoms with Crippen molar-refractivity contribution in [1.29, 1.82) is 5.26 Å². The fraction of sp³-hybridized carbons (Fsp3) is 0.0714. The van der Waals surface area contributed by atoms with Crippen LogP contribution in [0.15, 0.2) is 41.8 Å². The molecule has 4 nitrogen and oxygen atoms in total. The van der Waals surface area contributed by atoms with Crippen molar-refractivity contribution in [3.05, 3.63) is 41.8 Å². The summed E-state index contributed by atoms with van der Waals surface area (Å²) in [4.78, 5) is 1.38. The largest absolute Gasteiger partial charge is 0.265 e. The van der Waals surface area contributed by atoms with Gasteiger partial charge in [0, 0.05) is 28.1 Å². The van der Waals surface area contributed by atoms with Gasteiger partial charge in [-0.05, 0) is 18.2 Å². The van der Waals surface area contributed by atoms with Gasteiger partial charge >= 0.3 is 0 Å². The van der Waals surface area contributed by atoms with Crippen molar-refractivity contribution in [2.45, 2.75) is 0 Å². The van der Waals surface area contributed by atoms with Gasteiger partial charge in [-0.1, -0.05) is 18.2 Å². The summed E-state index contributed by atoms with van der Waals surface area (Å²) >= 11 is 1.69. The number of benzene rings is 1. The molecule has 0 N–H and O–H groups in total. The Hall–Kier alpha value is -2.45. The first-order valence-electron chi connectivity index (χ1n) is 5.73. The first kappa shape index (κ1) is 11.6. The molecular weight excluding hydrogens is 256 g/mol.